The zero-order valence-electron chi connectivity index (χ0n) is 44.3. The van der Waals surface area contributed by atoms with Gasteiger partial charge in [-0.2, -0.15) is 4.31 Å². The van der Waals surface area contributed by atoms with Crippen molar-refractivity contribution in [1.82, 2.24) is 34.5 Å². The van der Waals surface area contributed by atoms with Crippen LogP contribution in [-0.4, -0.2) is 104 Å². The SMILES string of the molecule is CC.COc1cc([C@@H](CC(=O)O)c2ccc(C)c(CN3C[C@@H](C)Oc4cc(C)ccc4S3(=O)=O)c2)cc2nnn(C)c12.Cc1ncsc1-c1ccc([C@H](C)NC(=O)[C@@H]2C[C@@H](O)CN2C(=O)[C@@H](C)C(C)(C)C)cc1. The monoisotopic (exact) mass is 1040 g/mol. The molecular weight excluding hydrogens is 967 g/mol. The largest absolute Gasteiger partial charge is 0.494 e. The maximum atomic E-state index is 13.7. The number of methoxy groups -OCH3 is 1. The van der Waals surface area contributed by atoms with Crippen LogP contribution in [0.1, 0.15) is 119 Å². The number of thiazole rings is 1. The summed E-state index contributed by atoms with van der Waals surface area (Å²) in [5.41, 5.74) is 10.1. The van der Waals surface area contributed by atoms with Gasteiger partial charge in [-0.25, -0.2) is 18.1 Å². The number of carbonyl (C=O) groups excluding carboxylic acids is 2. The second-order valence-electron chi connectivity index (χ2n) is 19.9. The van der Waals surface area contributed by atoms with Gasteiger partial charge in [0.25, 0.3) is 0 Å². The van der Waals surface area contributed by atoms with Crippen LogP contribution in [0.5, 0.6) is 11.5 Å². The van der Waals surface area contributed by atoms with Gasteiger partial charge in [-0.05, 0) is 103 Å². The standard InChI is InChI=1S/C29H32N4O6S.C24H33N3O3S.C2H6/c1-17-6-9-27-25(10-17)39-19(3)15-33(40(27,36)37)16-22-11-20(8-7-18(22)2)23(14-28(34)35)21-12-24-29(26(13-21)38-5)32(4)31-30-24;1-14(24(4,5)6)23(30)27-12-19(28)11-20(27)22(29)26-15(2)17-7-9-18(10-8-17)21-16(3)25-13-31-21;1-2/h6-13,19,23H,14-16H2,1-5H3,(H,34,35);7-10,13-15,19-20,28H,11-12H2,1-6H3,(H,26,29);1-2H3/t19-,23+;14-,15+,19-,20+;/m11./s1. The number of sulfonamides is 1. The topological polar surface area (TPSA) is 206 Å². The second kappa shape index (κ2) is 23.3. The number of hydrogen-bond donors (Lipinski definition) is 3. The summed E-state index contributed by atoms with van der Waals surface area (Å²) in [6, 6.07) is 21.7. The summed E-state index contributed by atoms with van der Waals surface area (Å²) >= 11 is 1.61. The lowest BCUT2D eigenvalue weighted by Gasteiger charge is -2.33. The van der Waals surface area contributed by atoms with Crippen LogP contribution in [0.2, 0.25) is 0 Å². The fraction of sp³-hybridized carbons (Fsp3) is 0.455. The molecule has 0 bridgehead atoms. The average Bonchev–Trinajstić information content (AvgIpc) is 4.06. The number of aliphatic hydroxyl groups excluding tert-OH is 1. The van der Waals surface area contributed by atoms with E-state index in [4.69, 9.17) is 9.47 Å². The highest BCUT2D eigenvalue weighted by molar-refractivity contribution is 7.89. The van der Waals surface area contributed by atoms with Crippen molar-refractivity contribution in [2.75, 3.05) is 20.2 Å². The highest BCUT2D eigenvalue weighted by Gasteiger charge is 2.43. The molecule has 73 heavy (non-hydrogen) atoms. The van der Waals surface area contributed by atoms with Crippen molar-refractivity contribution < 1.29 is 42.5 Å². The Bertz CT molecular complexity index is 3040. The Balaban J connectivity index is 0.000000238. The van der Waals surface area contributed by atoms with E-state index in [-0.39, 0.29) is 72.7 Å². The number of amides is 2. The molecule has 0 spiro atoms. The van der Waals surface area contributed by atoms with Crippen molar-refractivity contribution in [3.8, 4) is 21.9 Å². The molecule has 0 saturated carbocycles. The number of β-amino-alcohol motifs (C(OH)–C–C–N with tert-alkyl or cyclic N) is 1. The van der Waals surface area contributed by atoms with Gasteiger partial charge in [0, 0.05) is 38.4 Å². The van der Waals surface area contributed by atoms with Crippen LogP contribution in [-0.2, 0) is 38.0 Å². The molecule has 2 aromatic heterocycles. The zero-order chi connectivity index (χ0) is 53.7. The first-order chi connectivity index (χ1) is 34.5. The van der Waals surface area contributed by atoms with E-state index in [2.05, 4.69) is 20.6 Å². The van der Waals surface area contributed by atoms with E-state index >= 15 is 0 Å². The van der Waals surface area contributed by atoms with Crippen LogP contribution >= 0.6 is 11.3 Å². The molecule has 392 valence electrons. The van der Waals surface area contributed by atoms with E-state index in [0.29, 0.717) is 22.5 Å². The molecule has 0 radical (unpaired) electrons. The summed E-state index contributed by atoms with van der Waals surface area (Å²) in [6.07, 6.45) is -0.932. The van der Waals surface area contributed by atoms with Crippen LogP contribution in [0, 0.1) is 32.1 Å². The molecule has 1 saturated heterocycles. The Morgan fingerprint density at radius 2 is 1.63 bits per heavy atom. The van der Waals surface area contributed by atoms with Crippen molar-refractivity contribution in [3.63, 3.8) is 0 Å². The molecule has 2 amide bonds. The summed E-state index contributed by atoms with van der Waals surface area (Å²) in [5.74, 6) is -1.13. The molecule has 0 aliphatic carbocycles. The molecule has 6 aromatic rings. The minimum Gasteiger partial charge on any atom is -0.494 e. The predicted molar refractivity (Wildman–Crippen MR) is 284 cm³/mol. The maximum absolute atomic E-state index is 13.7. The van der Waals surface area contributed by atoms with Crippen LogP contribution in [0.15, 0.2) is 83.2 Å². The van der Waals surface area contributed by atoms with E-state index in [1.54, 1.807) is 53.3 Å². The summed E-state index contributed by atoms with van der Waals surface area (Å²) in [6.45, 7) is 22.0. The molecular formula is C55H71N7O9S2. The molecule has 4 heterocycles. The Hall–Kier alpha value is -6.21. The zero-order valence-corrected chi connectivity index (χ0v) is 45.9. The first-order valence-corrected chi connectivity index (χ1v) is 27.0. The van der Waals surface area contributed by atoms with E-state index in [1.165, 1.54) is 4.31 Å². The van der Waals surface area contributed by atoms with Gasteiger partial charge in [-0.1, -0.05) is 95.3 Å². The van der Waals surface area contributed by atoms with Gasteiger partial charge in [-0.3, -0.25) is 14.4 Å². The molecule has 8 rings (SSSR count). The highest BCUT2D eigenvalue weighted by atomic mass is 32.2. The molecule has 16 nitrogen and oxygen atoms in total. The lowest BCUT2D eigenvalue weighted by atomic mass is 9.81. The lowest BCUT2D eigenvalue weighted by Crippen LogP contribution is -2.49. The third-order valence-electron chi connectivity index (χ3n) is 13.6. The second-order valence-corrected chi connectivity index (χ2v) is 22.7. The highest BCUT2D eigenvalue weighted by Crippen LogP contribution is 2.38. The van der Waals surface area contributed by atoms with Gasteiger partial charge >= 0.3 is 5.97 Å². The van der Waals surface area contributed by atoms with Gasteiger partial charge in [0.1, 0.15) is 39.6 Å². The molecule has 18 heteroatoms. The minimum atomic E-state index is -3.84. The number of carboxylic acids is 1. The van der Waals surface area contributed by atoms with E-state index in [1.807, 2.05) is 136 Å². The van der Waals surface area contributed by atoms with Crippen molar-refractivity contribution in [2.45, 2.75) is 131 Å². The third-order valence-corrected chi connectivity index (χ3v) is 16.5. The van der Waals surface area contributed by atoms with Crippen LogP contribution in [0.3, 0.4) is 0 Å². The number of aromatic nitrogens is 4. The van der Waals surface area contributed by atoms with Crippen molar-refractivity contribution in [3.05, 3.63) is 117 Å². The number of rotatable bonds is 12. The molecule has 0 unspecified atom stereocenters. The molecule has 1 fully saturated rings. The number of carboxylic acid groups (broad SMARTS) is 1. The number of fused-ring (bicyclic) bond motifs is 2. The van der Waals surface area contributed by atoms with E-state index in [9.17, 15) is 33.0 Å². The Labute approximate surface area is 433 Å². The van der Waals surface area contributed by atoms with Crippen LogP contribution in [0.25, 0.3) is 21.5 Å². The van der Waals surface area contributed by atoms with Gasteiger partial charge < -0.3 is 29.9 Å². The quantitative estimate of drug-likeness (QED) is 0.105. The maximum Gasteiger partial charge on any atom is 0.304 e. The van der Waals surface area contributed by atoms with E-state index in [0.717, 1.165) is 49.5 Å². The Kier molecular flexibility index (Phi) is 17.9. The fourth-order valence-corrected chi connectivity index (χ4v) is 11.5. The number of likely N-dealkylation sites (tertiary alicyclic amines) is 1. The number of aliphatic hydroxyl groups is 1. The van der Waals surface area contributed by atoms with Gasteiger partial charge in [0.15, 0.2) is 0 Å². The van der Waals surface area contributed by atoms with Gasteiger partial charge in [-0.15, -0.1) is 16.4 Å². The van der Waals surface area contributed by atoms with E-state index < -0.39 is 34.1 Å². The number of hydrogen-bond acceptors (Lipinski definition) is 12. The molecule has 3 N–H and O–H groups in total. The molecule has 2 aliphatic rings. The van der Waals surface area contributed by atoms with Crippen LogP contribution in [0.4, 0.5) is 0 Å². The number of carbonyl (C=O) groups is 3. The van der Waals surface area contributed by atoms with Gasteiger partial charge in [0.2, 0.25) is 21.8 Å². The number of aryl methyl sites for hydroxylation is 4. The number of benzene rings is 4. The minimum absolute atomic E-state index is 0.0823. The molecule has 4 aromatic carbocycles. The number of nitrogens with zero attached hydrogens (tertiary/aromatic N) is 6. The fourth-order valence-electron chi connectivity index (χ4n) is 9.07. The Morgan fingerprint density at radius 3 is 2.26 bits per heavy atom. The van der Waals surface area contributed by atoms with Crippen molar-refractivity contribution >= 4 is 50.2 Å². The molecule has 6 atom stereocenters. The average molecular weight is 1040 g/mol. The number of aliphatic carboxylic acids is 1. The summed E-state index contributed by atoms with van der Waals surface area (Å²) in [7, 11) is -0.525. The van der Waals surface area contributed by atoms with Crippen molar-refractivity contribution in [1.29, 1.82) is 0 Å². The molecule has 2 aliphatic heterocycles. The number of nitrogens with one attached hydrogen (secondary N) is 1. The van der Waals surface area contributed by atoms with Gasteiger partial charge in [0.05, 0.1) is 48.3 Å². The number of ether oxygens (including phenoxy) is 2. The third kappa shape index (κ3) is 12.8. The predicted octanol–water partition coefficient (Wildman–Crippen LogP) is 9.14. The van der Waals surface area contributed by atoms with Crippen LogP contribution < -0.4 is 14.8 Å². The summed E-state index contributed by atoms with van der Waals surface area (Å²) < 4.78 is 42.1. The normalized spacial score (nSPS) is 18.7. The Morgan fingerprint density at radius 1 is 0.945 bits per heavy atom. The lowest BCUT2D eigenvalue weighted by molar-refractivity contribution is -0.144. The smallest absolute Gasteiger partial charge is 0.304 e. The van der Waals surface area contributed by atoms with Crippen molar-refractivity contribution in [2.24, 2.45) is 18.4 Å². The first kappa shape index (κ1) is 56.1. The summed E-state index contributed by atoms with van der Waals surface area (Å²) in [4.78, 5) is 45.2. The summed E-state index contributed by atoms with van der Waals surface area (Å²) in [5, 5.41) is 31.3. The first-order valence-electron chi connectivity index (χ1n) is 24.7.